The van der Waals surface area contributed by atoms with Crippen molar-refractivity contribution in [1.82, 2.24) is 0 Å². The van der Waals surface area contributed by atoms with E-state index in [-0.39, 0.29) is 5.69 Å². The van der Waals surface area contributed by atoms with Crippen LogP contribution < -0.4 is 0 Å². The number of carbonyl (C=O) groups excluding carboxylic acids is 1. The summed E-state index contributed by atoms with van der Waals surface area (Å²) in [7, 11) is 1.58. The molecule has 0 radical (unpaired) electrons. The maximum Gasteiger partial charge on any atom is 0.269 e. The van der Waals surface area contributed by atoms with Gasteiger partial charge in [0.1, 0.15) is 6.29 Å². The van der Waals surface area contributed by atoms with Crippen LogP contribution in [0.1, 0.15) is 12.5 Å². The SMILES string of the molecule is CC=O.COCc1ccc([N+](=O)[O-])cc1. The molecule has 0 fully saturated rings. The van der Waals surface area contributed by atoms with Crippen molar-refractivity contribution in [2.45, 2.75) is 13.5 Å². The van der Waals surface area contributed by atoms with Gasteiger partial charge in [0.2, 0.25) is 0 Å². The van der Waals surface area contributed by atoms with E-state index in [1.54, 1.807) is 19.2 Å². The third-order valence-electron chi connectivity index (χ3n) is 1.46. The summed E-state index contributed by atoms with van der Waals surface area (Å²) in [5, 5.41) is 10.2. The van der Waals surface area contributed by atoms with Crippen LogP contribution in [0.25, 0.3) is 0 Å². The van der Waals surface area contributed by atoms with E-state index in [1.165, 1.54) is 19.1 Å². The first-order valence-corrected chi connectivity index (χ1v) is 4.27. The fourth-order valence-electron chi connectivity index (χ4n) is 0.881. The molecule has 1 rings (SSSR count). The molecule has 5 nitrogen and oxygen atoms in total. The Bertz CT molecular complexity index is 308. The minimum atomic E-state index is -0.420. The molecule has 0 bridgehead atoms. The standard InChI is InChI=1S/C8H9NO3.C2H4O/c1-12-6-7-2-4-8(5-3-7)9(10)11;1-2-3/h2-5H,6H2,1H3;2H,1H3. The number of benzene rings is 1. The molecule has 1 aromatic rings. The molecule has 0 atom stereocenters. The second-order valence-electron chi connectivity index (χ2n) is 2.59. The monoisotopic (exact) mass is 211 g/mol. The smallest absolute Gasteiger partial charge is 0.269 e. The van der Waals surface area contributed by atoms with E-state index in [9.17, 15) is 10.1 Å². The van der Waals surface area contributed by atoms with Crippen LogP contribution in [0.3, 0.4) is 0 Å². The Kier molecular flexibility index (Phi) is 6.74. The summed E-state index contributed by atoms with van der Waals surface area (Å²) < 4.78 is 4.86. The number of hydrogen-bond acceptors (Lipinski definition) is 4. The average Bonchev–Trinajstić information content (AvgIpc) is 2.20. The zero-order chi connectivity index (χ0) is 11.7. The van der Waals surface area contributed by atoms with E-state index in [0.29, 0.717) is 6.61 Å². The number of nitro groups is 1. The van der Waals surface area contributed by atoms with Gasteiger partial charge in [-0.15, -0.1) is 0 Å². The van der Waals surface area contributed by atoms with Gasteiger partial charge in [0, 0.05) is 19.2 Å². The summed E-state index contributed by atoms with van der Waals surface area (Å²) in [6, 6.07) is 6.30. The molecule has 0 N–H and O–H groups in total. The summed E-state index contributed by atoms with van der Waals surface area (Å²) in [6.07, 6.45) is 0.750. The van der Waals surface area contributed by atoms with Gasteiger partial charge in [0.25, 0.3) is 5.69 Å². The molecule has 82 valence electrons. The fraction of sp³-hybridized carbons (Fsp3) is 0.300. The van der Waals surface area contributed by atoms with Crippen molar-refractivity contribution in [3.63, 3.8) is 0 Å². The largest absolute Gasteiger partial charge is 0.380 e. The van der Waals surface area contributed by atoms with Crippen LogP contribution in [0, 0.1) is 10.1 Å². The summed E-state index contributed by atoms with van der Waals surface area (Å²) in [4.78, 5) is 18.6. The minimum Gasteiger partial charge on any atom is -0.380 e. The van der Waals surface area contributed by atoms with E-state index < -0.39 is 4.92 Å². The number of rotatable bonds is 3. The van der Waals surface area contributed by atoms with Gasteiger partial charge in [0.15, 0.2) is 0 Å². The quantitative estimate of drug-likeness (QED) is 0.435. The van der Waals surface area contributed by atoms with Crippen molar-refractivity contribution in [1.29, 1.82) is 0 Å². The molecule has 0 saturated heterocycles. The number of hydrogen-bond donors (Lipinski definition) is 0. The van der Waals surface area contributed by atoms with Crippen molar-refractivity contribution < 1.29 is 14.5 Å². The number of nitrogens with zero attached hydrogens (tertiary/aromatic N) is 1. The molecule has 0 spiro atoms. The van der Waals surface area contributed by atoms with Gasteiger partial charge < -0.3 is 9.53 Å². The van der Waals surface area contributed by atoms with Crippen LogP contribution >= 0.6 is 0 Å². The molecule has 0 aliphatic carbocycles. The van der Waals surface area contributed by atoms with Gasteiger partial charge in [-0.05, 0) is 24.6 Å². The topological polar surface area (TPSA) is 69.4 Å². The van der Waals surface area contributed by atoms with Crippen molar-refractivity contribution in [2.75, 3.05) is 7.11 Å². The number of carbonyl (C=O) groups is 1. The Morgan fingerprint density at radius 1 is 1.40 bits per heavy atom. The van der Waals surface area contributed by atoms with Gasteiger partial charge in [-0.2, -0.15) is 0 Å². The highest BCUT2D eigenvalue weighted by Gasteiger charge is 2.02. The fourth-order valence-corrected chi connectivity index (χ4v) is 0.881. The molecule has 0 aliphatic rings. The predicted molar refractivity (Wildman–Crippen MR) is 55.5 cm³/mol. The van der Waals surface area contributed by atoms with Crippen LogP contribution in [-0.4, -0.2) is 18.3 Å². The highest BCUT2D eigenvalue weighted by molar-refractivity contribution is 5.44. The van der Waals surface area contributed by atoms with E-state index >= 15 is 0 Å². The number of aldehydes is 1. The van der Waals surface area contributed by atoms with E-state index in [4.69, 9.17) is 9.53 Å². The summed E-state index contributed by atoms with van der Waals surface area (Å²) in [5.74, 6) is 0. The van der Waals surface area contributed by atoms with Gasteiger partial charge in [-0.3, -0.25) is 10.1 Å². The molecule has 0 amide bonds. The first-order chi connectivity index (χ1) is 7.15. The highest BCUT2D eigenvalue weighted by atomic mass is 16.6. The van der Waals surface area contributed by atoms with Crippen molar-refractivity contribution in [3.8, 4) is 0 Å². The van der Waals surface area contributed by atoms with E-state index in [2.05, 4.69) is 0 Å². The van der Waals surface area contributed by atoms with Crippen molar-refractivity contribution >= 4 is 12.0 Å². The summed E-state index contributed by atoms with van der Waals surface area (Å²) >= 11 is 0. The minimum absolute atomic E-state index is 0.106. The summed E-state index contributed by atoms with van der Waals surface area (Å²) in [5.41, 5.74) is 1.04. The number of methoxy groups -OCH3 is 1. The molecule has 0 heterocycles. The highest BCUT2D eigenvalue weighted by Crippen LogP contribution is 2.11. The maximum atomic E-state index is 10.2. The van der Waals surface area contributed by atoms with Crippen LogP contribution in [0.4, 0.5) is 5.69 Å². The molecule has 15 heavy (non-hydrogen) atoms. The zero-order valence-corrected chi connectivity index (χ0v) is 8.67. The van der Waals surface area contributed by atoms with Crippen molar-refractivity contribution in [2.24, 2.45) is 0 Å². The second kappa shape index (κ2) is 7.64. The van der Waals surface area contributed by atoms with Gasteiger partial charge in [0.05, 0.1) is 11.5 Å². The molecule has 1 aromatic carbocycles. The zero-order valence-electron chi connectivity index (χ0n) is 8.67. The normalized spacial score (nSPS) is 8.67. The predicted octanol–water partition coefficient (Wildman–Crippen LogP) is 1.95. The molecule has 5 heteroatoms. The lowest BCUT2D eigenvalue weighted by Crippen LogP contribution is -1.90. The second-order valence-corrected chi connectivity index (χ2v) is 2.59. The van der Waals surface area contributed by atoms with Gasteiger partial charge >= 0.3 is 0 Å². The van der Waals surface area contributed by atoms with E-state index in [0.717, 1.165) is 11.8 Å². The lowest BCUT2D eigenvalue weighted by atomic mass is 10.2. The summed E-state index contributed by atoms with van der Waals surface area (Å²) in [6.45, 7) is 1.93. The first kappa shape index (κ1) is 13.2. The Morgan fingerprint density at radius 3 is 2.20 bits per heavy atom. The Labute approximate surface area is 87.8 Å². The third kappa shape index (κ3) is 5.53. The molecular weight excluding hydrogens is 198 g/mol. The van der Waals surface area contributed by atoms with Crippen LogP contribution in [0.5, 0.6) is 0 Å². The Hall–Kier alpha value is -1.75. The first-order valence-electron chi connectivity index (χ1n) is 4.27. The Balaban J connectivity index is 0.000000583. The lowest BCUT2D eigenvalue weighted by molar-refractivity contribution is -0.384. The van der Waals surface area contributed by atoms with Crippen LogP contribution in [-0.2, 0) is 16.1 Å². The number of ether oxygens (including phenoxy) is 1. The van der Waals surface area contributed by atoms with E-state index in [1.807, 2.05) is 0 Å². The maximum absolute atomic E-state index is 10.2. The van der Waals surface area contributed by atoms with Crippen LogP contribution in [0.2, 0.25) is 0 Å². The van der Waals surface area contributed by atoms with Crippen LogP contribution in [0.15, 0.2) is 24.3 Å². The molecular formula is C10H13NO4. The molecule has 0 aliphatic heterocycles. The average molecular weight is 211 g/mol. The lowest BCUT2D eigenvalue weighted by Gasteiger charge is -1.97. The molecule has 0 saturated carbocycles. The molecule has 0 aromatic heterocycles. The third-order valence-corrected chi connectivity index (χ3v) is 1.46. The van der Waals surface area contributed by atoms with Gasteiger partial charge in [-0.25, -0.2) is 0 Å². The number of nitro benzene ring substituents is 1. The van der Waals surface area contributed by atoms with Gasteiger partial charge in [-0.1, -0.05) is 0 Å². The molecule has 0 unspecified atom stereocenters. The number of non-ortho nitro benzene ring substituents is 1. The Morgan fingerprint density at radius 2 is 1.87 bits per heavy atom. The van der Waals surface area contributed by atoms with Crippen molar-refractivity contribution in [3.05, 3.63) is 39.9 Å².